The van der Waals surface area contributed by atoms with Gasteiger partial charge in [-0.3, -0.25) is 0 Å². The van der Waals surface area contributed by atoms with Crippen LogP contribution < -0.4 is 15.4 Å². The van der Waals surface area contributed by atoms with Crippen molar-refractivity contribution < 1.29 is 4.74 Å². The van der Waals surface area contributed by atoms with Gasteiger partial charge < -0.3 is 15.4 Å². The maximum atomic E-state index is 5.35. The average Bonchev–Trinajstić information content (AvgIpc) is 2.32. The molecule has 0 heterocycles. The highest BCUT2D eigenvalue weighted by atomic mass is 16.5. The molecule has 0 radical (unpaired) electrons. The molecular formula is C16H28N2O. The van der Waals surface area contributed by atoms with Crippen molar-refractivity contribution in [2.24, 2.45) is 0 Å². The molecule has 19 heavy (non-hydrogen) atoms. The average molecular weight is 264 g/mol. The van der Waals surface area contributed by atoms with Gasteiger partial charge in [0.1, 0.15) is 5.75 Å². The zero-order chi connectivity index (χ0) is 14.5. The SMILES string of the molecule is CNCC(C)(C)NCCc1cc(C)c(OC)cc1C. The van der Waals surface area contributed by atoms with Gasteiger partial charge in [-0.1, -0.05) is 6.07 Å². The van der Waals surface area contributed by atoms with Crippen LogP contribution in [0.25, 0.3) is 0 Å². The van der Waals surface area contributed by atoms with Crippen LogP contribution in [0.1, 0.15) is 30.5 Å². The first kappa shape index (κ1) is 16.0. The molecule has 0 spiro atoms. The molecule has 0 saturated heterocycles. The molecule has 0 aliphatic carbocycles. The Bertz CT molecular complexity index is 413. The summed E-state index contributed by atoms with van der Waals surface area (Å²) >= 11 is 0. The first-order chi connectivity index (χ1) is 8.89. The molecule has 1 aromatic carbocycles. The molecule has 108 valence electrons. The minimum Gasteiger partial charge on any atom is -0.496 e. The molecule has 0 saturated carbocycles. The van der Waals surface area contributed by atoms with E-state index in [4.69, 9.17) is 4.74 Å². The number of benzene rings is 1. The summed E-state index contributed by atoms with van der Waals surface area (Å²) < 4.78 is 5.35. The van der Waals surface area contributed by atoms with Gasteiger partial charge in [0, 0.05) is 12.1 Å². The van der Waals surface area contributed by atoms with Crippen molar-refractivity contribution >= 4 is 0 Å². The van der Waals surface area contributed by atoms with Gasteiger partial charge in [-0.05, 0) is 70.5 Å². The summed E-state index contributed by atoms with van der Waals surface area (Å²) in [6.07, 6.45) is 1.05. The summed E-state index contributed by atoms with van der Waals surface area (Å²) in [5.74, 6) is 0.977. The number of hydrogen-bond donors (Lipinski definition) is 2. The first-order valence-electron chi connectivity index (χ1n) is 6.93. The van der Waals surface area contributed by atoms with Crippen molar-refractivity contribution in [2.75, 3.05) is 27.2 Å². The molecule has 3 nitrogen and oxygen atoms in total. The molecule has 0 bridgehead atoms. The third-order valence-electron chi connectivity index (χ3n) is 3.47. The summed E-state index contributed by atoms with van der Waals surface area (Å²) in [4.78, 5) is 0. The number of methoxy groups -OCH3 is 1. The van der Waals surface area contributed by atoms with Crippen LogP contribution in [-0.2, 0) is 6.42 Å². The monoisotopic (exact) mass is 264 g/mol. The van der Waals surface area contributed by atoms with Crippen molar-refractivity contribution in [2.45, 2.75) is 39.7 Å². The molecule has 2 N–H and O–H groups in total. The normalized spacial score (nSPS) is 11.7. The van der Waals surface area contributed by atoms with Crippen molar-refractivity contribution in [1.82, 2.24) is 10.6 Å². The number of hydrogen-bond acceptors (Lipinski definition) is 3. The number of aryl methyl sites for hydroxylation is 2. The Morgan fingerprint density at radius 1 is 1.16 bits per heavy atom. The lowest BCUT2D eigenvalue weighted by molar-refractivity contribution is 0.378. The van der Waals surface area contributed by atoms with Gasteiger partial charge in [-0.15, -0.1) is 0 Å². The largest absolute Gasteiger partial charge is 0.496 e. The maximum absolute atomic E-state index is 5.35. The van der Waals surface area contributed by atoms with Gasteiger partial charge in [0.05, 0.1) is 7.11 Å². The maximum Gasteiger partial charge on any atom is 0.122 e. The highest BCUT2D eigenvalue weighted by Crippen LogP contribution is 2.22. The predicted molar refractivity (Wildman–Crippen MR) is 82.2 cm³/mol. The molecule has 0 aliphatic heterocycles. The third kappa shape index (κ3) is 4.84. The van der Waals surface area contributed by atoms with Crippen LogP contribution >= 0.6 is 0 Å². The number of likely N-dealkylation sites (N-methyl/N-ethyl adjacent to an activating group) is 1. The topological polar surface area (TPSA) is 33.3 Å². The standard InChI is InChI=1S/C16H28N2O/c1-12-10-15(19-6)13(2)9-14(12)7-8-18-16(3,4)11-17-5/h9-10,17-18H,7-8,11H2,1-6H3. The van der Waals surface area contributed by atoms with Gasteiger partial charge >= 0.3 is 0 Å². The zero-order valence-corrected chi connectivity index (χ0v) is 13.2. The van der Waals surface area contributed by atoms with E-state index in [0.29, 0.717) is 0 Å². The fourth-order valence-corrected chi connectivity index (χ4v) is 2.38. The summed E-state index contributed by atoms with van der Waals surface area (Å²) in [6, 6.07) is 4.37. The number of nitrogens with one attached hydrogen (secondary N) is 2. The molecule has 0 fully saturated rings. The molecule has 1 aromatic rings. The molecular weight excluding hydrogens is 236 g/mol. The lowest BCUT2D eigenvalue weighted by Gasteiger charge is -2.26. The molecule has 0 amide bonds. The van der Waals surface area contributed by atoms with Crippen LogP contribution in [0.15, 0.2) is 12.1 Å². The Hall–Kier alpha value is -1.06. The van der Waals surface area contributed by atoms with E-state index >= 15 is 0 Å². The molecule has 1 rings (SSSR count). The molecule has 0 atom stereocenters. The van der Waals surface area contributed by atoms with E-state index in [-0.39, 0.29) is 5.54 Å². The van der Waals surface area contributed by atoms with E-state index in [1.807, 2.05) is 7.05 Å². The van der Waals surface area contributed by atoms with E-state index in [9.17, 15) is 0 Å². The van der Waals surface area contributed by atoms with Gasteiger partial charge in [0.25, 0.3) is 0 Å². The second kappa shape index (κ2) is 6.92. The quantitative estimate of drug-likeness (QED) is 0.793. The van der Waals surface area contributed by atoms with Crippen molar-refractivity contribution in [3.63, 3.8) is 0 Å². The van der Waals surface area contributed by atoms with E-state index in [1.165, 1.54) is 16.7 Å². The van der Waals surface area contributed by atoms with Gasteiger partial charge in [0.2, 0.25) is 0 Å². The Balaban J connectivity index is 2.61. The smallest absolute Gasteiger partial charge is 0.122 e. The van der Waals surface area contributed by atoms with Gasteiger partial charge in [-0.2, -0.15) is 0 Å². The lowest BCUT2D eigenvalue weighted by Crippen LogP contribution is -2.47. The van der Waals surface area contributed by atoms with Crippen LogP contribution in [-0.4, -0.2) is 32.8 Å². The summed E-state index contributed by atoms with van der Waals surface area (Å²) in [7, 11) is 3.71. The second-order valence-electron chi connectivity index (χ2n) is 5.84. The molecule has 3 heteroatoms. The third-order valence-corrected chi connectivity index (χ3v) is 3.47. The summed E-state index contributed by atoms with van der Waals surface area (Å²) in [5.41, 5.74) is 4.03. The van der Waals surface area contributed by atoms with Crippen molar-refractivity contribution in [3.05, 3.63) is 28.8 Å². The Morgan fingerprint density at radius 3 is 2.42 bits per heavy atom. The van der Waals surface area contributed by atoms with E-state index < -0.39 is 0 Å². The van der Waals surface area contributed by atoms with Crippen LogP contribution in [0.3, 0.4) is 0 Å². The number of rotatable bonds is 7. The first-order valence-corrected chi connectivity index (χ1v) is 6.93. The van der Waals surface area contributed by atoms with E-state index in [0.717, 1.165) is 25.3 Å². The minimum atomic E-state index is 0.129. The van der Waals surface area contributed by atoms with Crippen molar-refractivity contribution in [1.29, 1.82) is 0 Å². The van der Waals surface area contributed by atoms with E-state index in [1.54, 1.807) is 7.11 Å². The Labute approximate surface area is 117 Å². The summed E-state index contributed by atoms with van der Waals surface area (Å²) in [5, 5.41) is 6.80. The number of ether oxygens (including phenoxy) is 1. The van der Waals surface area contributed by atoms with Crippen LogP contribution in [0.5, 0.6) is 5.75 Å². The fraction of sp³-hybridized carbons (Fsp3) is 0.625. The summed E-state index contributed by atoms with van der Waals surface area (Å²) in [6.45, 7) is 10.6. The zero-order valence-electron chi connectivity index (χ0n) is 13.2. The highest BCUT2D eigenvalue weighted by Gasteiger charge is 2.15. The predicted octanol–water partition coefficient (Wildman–Crippen LogP) is 2.44. The lowest BCUT2D eigenvalue weighted by atomic mass is 10.0. The second-order valence-corrected chi connectivity index (χ2v) is 5.84. The van der Waals surface area contributed by atoms with E-state index in [2.05, 4.69) is 50.5 Å². The molecule has 0 aliphatic rings. The molecule has 0 unspecified atom stereocenters. The van der Waals surface area contributed by atoms with Crippen LogP contribution in [0, 0.1) is 13.8 Å². The van der Waals surface area contributed by atoms with Crippen LogP contribution in [0.2, 0.25) is 0 Å². The van der Waals surface area contributed by atoms with Crippen molar-refractivity contribution in [3.8, 4) is 5.75 Å². The van der Waals surface area contributed by atoms with Gasteiger partial charge in [-0.25, -0.2) is 0 Å². The Morgan fingerprint density at radius 2 is 1.84 bits per heavy atom. The minimum absolute atomic E-state index is 0.129. The highest BCUT2D eigenvalue weighted by molar-refractivity contribution is 5.41. The van der Waals surface area contributed by atoms with Crippen LogP contribution in [0.4, 0.5) is 0 Å². The molecule has 0 aromatic heterocycles. The Kier molecular flexibility index (Phi) is 5.83. The van der Waals surface area contributed by atoms with Gasteiger partial charge in [0.15, 0.2) is 0 Å². The fourth-order valence-electron chi connectivity index (χ4n) is 2.38.